The van der Waals surface area contributed by atoms with Crippen LogP contribution < -0.4 is 0 Å². The molecule has 104 valence electrons. The Morgan fingerprint density at radius 3 is 2.71 bits per heavy atom. The first-order chi connectivity index (χ1) is 10.3. The predicted molar refractivity (Wildman–Crippen MR) is 79.1 cm³/mol. The van der Waals surface area contributed by atoms with Crippen molar-refractivity contribution in [2.75, 3.05) is 0 Å². The van der Waals surface area contributed by atoms with Gasteiger partial charge in [0, 0.05) is 18.4 Å². The normalized spacial score (nSPS) is 10.5. The van der Waals surface area contributed by atoms with Gasteiger partial charge in [-0.1, -0.05) is 6.07 Å². The van der Waals surface area contributed by atoms with Gasteiger partial charge >= 0.3 is 0 Å². The molecule has 3 nitrogen and oxygen atoms in total. The Balaban J connectivity index is 2.03. The molecule has 0 atom stereocenters. The van der Waals surface area contributed by atoms with Gasteiger partial charge in [-0.15, -0.1) is 11.3 Å². The predicted octanol–water partition coefficient (Wildman–Crippen LogP) is 4.67. The van der Waals surface area contributed by atoms with Crippen LogP contribution in [0.5, 0.6) is 0 Å². The van der Waals surface area contributed by atoms with E-state index in [2.05, 4.69) is 11.1 Å². The number of aryl methyl sites for hydroxylation is 1. The van der Waals surface area contributed by atoms with Crippen molar-refractivity contribution in [3.8, 4) is 28.2 Å². The summed E-state index contributed by atoms with van der Waals surface area (Å²) in [6.45, 7) is 0. The molecular formula is C16H11FN2OS. The third-order valence-electron chi connectivity index (χ3n) is 3.01. The van der Waals surface area contributed by atoms with Gasteiger partial charge in [0.1, 0.15) is 5.82 Å². The second-order valence-corrected chi connectivity index (χ2v) is 5.38. The Hall–Kier alpha value is -2.45. The maximum atomic E-state index is 13.0. The molecule has 21 heavy (non-hydrogen) atoms. The fourth-order valence-electron chi connectivity index (χ4n) is 2.01. The summed E-state index contributed by atoms with van der Waals surface area (Å²) in [4.78, 5) is 5.45. The van der Waals surface area contributed by atoms with Crippen molar-refractivity contribution in [2.45, 2.75) is 12.8 Å². The van der Waals surface area contributed by atoms with Gasteiger partial charge in [0.15, 0.2) is 5.76 Å². The summed E-state index contributed by atoms with van der Waals surface area (Å²) in [5.74, 6) is 0.847. The van der Waals surface area contributed by atoms with Gasteiger partial charge in [-0.2, -0.15) is 5.26 Å². The van der Waals surface area contributed by atoms with Crippen molar-refractivity contribution in [2.24, 2.45) is 0 Å². The second-order valence-electron chi connectivity index (χ2n) is 4.44. The molecular weight excluding hydrogens is 287 g/mol. The minimum Gasteiger partial charge on any atom is -0.435 e. The van der Waals surface area contributed by atoms with Gasteiger partial charge in [0.25, 0.3) is 0 Å². The molecule has 0 radical (unpaired) electrons. The Morgan fingerprint density at radius 1 is 1.24 bits per heavy atom. The highest BCUT2D eigenvalue weighted by molar-refractivity contribution is 7.13. The monoisotopic (exact) mass is 298 g/mol. The van der Waals surface area contributed by atoms with Crippen molar-refractivity contribution in [1.82, 2.24) is 4.98 Å². The van der Waals surface area contributed by atoms with E-state index in [0.717, 1.165) is 16.1 Å². The molecule has 0 saturated carbocycles. The molecule has 0 bridgehead atoms. The van der Waals surface area contributed by atoms with Crippen LogP contribution in [0.2, 0.25) is 0 Å². The van der Waals surface area contributed by atoms with E-state index in [0.29, 0.717) is 24.5 Å². The first-order valence-electron chi connectivity index (χ1n) is 6.44. The summed E-state index contributed by atoms with van der Waals surface area (Å²) in [6.07, 6.45) is 0.919. The zero-order valence-corrected chi connectivity index (χ0v) is 11.9. The maximum Gasteiger partial charge on any atom is 0.227 e. The van der Waals surface area contributed by atoms with Crippen molar-refractivity contribution >= 4 is 11.3 Å². The van der Waals surface area contributed by atoms with Crippen LogP contribution in [-0.2, 0) is 6.42 Å². The van der Waals surface area contributed by atoms with E-state index in [1.807, 2.05) is 17.5 Å². The van der Waals surface area contributed by atoms with Crippen molar-refractivity contribution in [1.29, 1.82) is 5.26 Å². The number of oxazole rings is 1. The number of benzene rings is 1. The van der Waals surface area contributed by atoms with Crippen molar-refractivity contribution in [3.05, 3.63) is 53.3 Å². The van der Waals surface area contributed by atoms with Crippen molar-refractivity contribution < 1.29 is 8.81 Å². The van der Waals surface area contributed by atoms with Crippen LogP contribution in [0, 0.1) is 17.1 Å². The van der Waals surface area contributed by atoms with E-state index in [1.165, 1.54) is 12.1 Å². The molecule has 0 unspecified atom stereocenters. The molecule has 5 heteroatoms. The summed E-state index contributed by atoms with van der Waals surface area (Å²) in [7, 11) is 0. The van der Waals surface area contributed by atoms with Crippen LogP contribution in [0.15, 0.2) is 46.2 Å². The molecule has 0 saturated heterocycles. The summed E-state index contributed by atoms with van der Waals surface area (Å²) >= 11 is 1.56. The molecule has 0 N–H and O–H groups in total. The van der Waals surface area contributed by atoms with E-state index < -0.39 is 0 Å². The highest BCUT2D eigenvalue weighted by atomic mass is 32.1. The van der Waals surface area contributed by atoms with Gasteiger partial charge in [-0.05, 0) is 35.7 Å². The number of hydrogen-bond acceptors (Lipinski definition) is 4. The third kappa shape index (κ3) is 2.86. The number of nitrogens with zero attached hydrogens (tertiary/aromatic N) is 2. The lowest BCUT2D eigenvalue weighted by Gasteiger charge is -1.95. The van der Waals surface area contributed by atoms with Crippen molar-refractivity contribution in [3.63, 3.8) is 0 Å². The van der Waals surface area contributed by atoms with E-state index in [9.17, 15) is 4.39 Å². The average molecular weight is 298 g/mol. The molecule has 0 aliphatic carbocycles. The first kappa shape index (κ1) is 13.5. The molecule has 3 rings (SSSR count). The van der Waals surface area contributed by atoms with E-state index >= 15 is 0 Å². The minimum atomic E-state index is -0.298. The summed E-state index contributed by atoms with van der Waals surface area (Å²) in [5.41, 5.74) is 1.48. The first-order valence-corrected chi connectivity index (χ1v) is 7.32. The molecule has 3 aromatic rings. The topological polar surface area (TPSA) is 49.8 Å². The van der Waals surface area contributed by atoms with Crippen LogP contribution in [0.25, 0.3) is 22.1 Å². The number of thiophene rings is 1. The Kier molecular flexibility index (Phi) is 3.80. The highest BCUT2D eigenvalue weighted by Gasteiger charge is 2.16. The van der Waals surface area contributed by atoms with E-state index in [4.69, 9.17) is 9.68 Å². The van der Waals surface area contributed by atoms with Crippen LogP contribution in [0.1, 0.15) is 12.1 Å². The van der Waals surface area contributed by atoms with E-state index in [1.54, 1.807) is 23.5 Å². The van der Waals surface area contributed by atoms with Gasteiger partial charge in [-0.25, -0.2) is 9.37 Å². The highest BCUT2D eigenvalue weighted by Crippen LogP contribution is 2.33. The Bertz CT molecular complexity index is 770. The van der Waals surface area contributed by atoms with Gasteiger partial charge < -0.3 is 4.42 Å². The maximum absolute atomic E-state index is 13.0. The summed E-state index contributed by atoms with van der Waals surface area (Å²) in [5, 5.41) is 10.7. The number of halogens is 1. The third-order valence-corrected chi connectivity index (χ3v) is 3.88. The minimum absolute atomic E-state index is 0.298. The molecule has 0 aliphatic heterocycles. The lowest BCUT2D eigenvalue weighted by atomic mass is 10.2. The molecule has 0 amide bonds. The fourth-order valence-corrected chi connectivity index (χ4v) is 2.74. The molecule has 0 fully saturated rings. The van der Waals surface area contributed by atoms with Gasteiger partial charge in [0.2, 0.25) is 5.89 Å². The summed E-state index contributed by atoms with van der Waals surface area (Å²) < 4.78 is 18.8. The smallest absolute Gasteiger partial charge is 0.227 e. The number of nitriles is 1. The lowest BCUT2D eigenvalue weighted by Crippen LogP contribution is -1.87. The number of aromatic nitrogens is 1. The van der Waals surface area contributed by atoms with Crippen LogP contribution in [0.3, 0.4) is 0 Å². The van der Waals surface area contributed by atoms with Gasteiger partial charge in [0.05, 0.1) is 16.6 Å². The zero-order chi connectivity index (χ0) is 14.7. The van der Waals surface area contributed by atoms with Crippen LogP contribution in [-0.4, -0.2) is 4.98 Å². The molecule has 2 aromatic heterocycles. The van der Waals surface area contributed by atoms with E-state index in [-0.39, 0.29) is 5.82 Å². The van der Waals surface area contributed by atoms with Crippen LogP contribution in [0.4, 0.5) is 4.39 Å². The number of hydrogen-bond donors (Lipinski definition) is 0. The zero-order valence-electron chi connectivity index (χ0n) is 11.0. The van der Waals surface area contributed by atoms with Gasteiger partial charge in [-0.3, -0.25) is 0 Å². The molecule has 1 aromatic carbocycles. The second kappa shape index (κ2) is 5.90. The standard InChI is InChI=1S/C16H11FN2OS/c17-12-7-5-11(6-8-12)16-19-13(3-1-9-18)15(20-16)14-4-2-10-21-14/h2,4-8,10H,1,3H2. The number of rotatable bonds is 4. The Labute approximate surface area is 125 Å². The molecule has 2 heterocycles. The molecule has 0 aliphatic rings. The fraction of sp³-hybridized carbons (Fsp3) is 0.125. The largest absolute Gasteiger partial charge is 0.435 e. The lowest BCUT2D eigenvalue weighted by molar-refractivity contribution is 0.588. The Morgan fingerprint density at radius 2 is 2.05 bits per heavy atom. The average Bonchev–Trinajstić information content (AvgIpc) is 3.15. The quantitative estimate of drug-likeness (QED) is 0.703. The summed E-state index contributed by atoms with van der Waals surface area (Å²) in [6, 6.07) is 12.0. The molecule has 0 spiro atoms. The SMILES string of the molecule is N#CCCc1nc(-c2ccc(F)cc2)oc1-c1cccs1. The van der Waals surface area contributed by atoms with Crippen LogP contribution >= 0.6 is 11.3 Å².